The van der Waals surface area contributed by atoms with Crippen molar-refractivity contribution in [2.24, 2.45) is 17.4 Å². The second kappa shape index (κ2) is 37.4. The van der Waals surface area contributed by atoms with Crippen LogP contribution in [0.4, 0.5) is 0 Å². The minimum absolute atomic E-state index is 0.00470. The van der Waals surface area contributed by atoms with Gasteiger partial charge in [-0.05, 0) is 103 Å². The third-order valence-corrected chi connectivity index (χ3v) is 18.4. The third kappa shape index (κ3) is 22.3. The molecule has 10 atom stereocenters. The molecule has 0 radical (unpaired) electrons. The fourth-order valence-corrected chi connectivity index (χ4v) is 12.9. The molecule has 12 amide bonds. The van der Waals surface area contributed by atoms with Crippen LogP contribution in [0, 0.1) is 11.3 Å². The van der Waals surface area contributed by atoms with Gasteiger partial charge in [0.1, 0.15) is 71.9 Å². The lowest BCUT2D eigenvalue weighted by Crippen LogP contribution is -2.62. The molecular formula is C73H91N19O15. The molecule has 0 saturated carbocycles. The van der Waals surface area contributed by atoms with Crippen molar-refractivity contribution in [3.8, 4) is 11.5 Å². The van der Waals surface area contributed by atoms with Crippen LogP contribution in [0.25, 0.3) is 21.8 Å². The van der Waals surface area contributed by atoms with Crippen molar-refractivity contribution in [3.63, 3.8) is 0 Å². The number of carbonyl (C=O) groups is 12. The lowest BCUT2D eigenvalue weighted by molar-refractivity contribution is -0.142. The summed E-state index contributed by atoms with van der Waals surface area (Å²) in [4.78, 5) is 184. The van der Waals surface area contributed by atoms with Gasteiger partial charge >= 0.3 is 0 Å². The van der Waals surface area contributed by atoms with Crippen LogP contribution in [0.2, 0.25) is 0 Å². The molecule has 9 rings (SSSR count). The summed E-state index contributed by atoms with van der Waals surface area (Å²) in [7, 11) is 0. The first-order valence-electron chi connectivity index (χ1n) is 35.2. The summed E-state index contributed by atoms with van der Waals surface area (Å²) in [5.74, 6) is -10.6. The van der Waals surface area contributed by atoms with Crippen LogP contribution in [0.1, 0.15) is 86.7 Å². The molecule has 22 N–H and O–H groups in total. The number of nitrogens with two attached hydrogens (primary N) is 2. The van der Waals surface area contributed by atoms with E-state index >= 15 is 14.4 Å². The molecule has 107 heavy (non-hydrogen) atoms. The average Bonchev–Trinajstić information content (AvgIpc) is 1.74. The number of guanidine groups is 1. The Balaban J connectivity index is 0.984. The first kappa shape index (κ1) is 78.8. The Kier molecular flexibility index (Phi) is 27.5. The molecule has 5 heterocycles. The zero-order valence-corrected chi connectivity index (χ0v) is 59.0. The molecule has 2 fully saturated rings. The maximum atomic E-state index is 15.4. The van der Waals surface area contributed by atoms with Crippen LogP contribution in [-0.4, -0.2) is 204 Å². The van der Waals surface area contributed by atoms with Gasteiger partial charge in [-0.15, -0.1) is 0 Å². The fraction of sp³-hybridized carbons (Fsp3) is 0.397. The highest BCUT2D eigenvalue weighted by Gasteiger charge is 2.41. The topological polar surface area (TPSA) is 537 Å². The number of aliphatic hydroxyl groups excluding tert-OH is 1. The number of nitrogens with zero attached hydrogens (tertiary/aromatic N) is 2. The van der Waals surface area contributed by atoms with E-state index in [1.165, 1.54) is 66.0 Å². The lowest BCUT2D eigenvalue weighted by Gasteiger charge is -2.31. The van der Waals surface area contributed by atoms with E-state index in [9.17, 15) is 58.5 Å². The van der Waals surface area contributed by atoms with E-state index in [1.807, 2.05) is 0 Å². The van der Waals surface area contributed by atoms with Gasteiger partial charge in [0, 0.05) is 92.0 Å². The van der Waals surface area contributed by atoms with E-state index in [4.69, 9.17) is 16.9 Å². The molecule has 2 aliphatic rings. The van der Waals surface area contributed by atoms with Crippen molar-refractivity contribution < 1.29 is 72.9 Å². The number of rotatable bonds is 37. The summed E-state index contributed by atoms with van der Waals surface area (Å²) < 4.78 is 0. The number of aromatic hydroxyl groups is 2. The number of phenolic OH excluding ortho intramolecular Hbond substituents is 2. The number of likely N-dealkylation sites (tertiary alicyclic amines) is 1. The number of H-pyrrole nitrogens is 3. The minimum Gasteiger partial charge on any atom is -0.508 e. The van der Waals surface area contributed by atoms with Crippen molar-refractivity contribution in [1.29, 1.82) is 5.41 Å². The van der Waals surface area contributed by atoms with Crippen molar-refractivity contribution >= 4 is 98.7 Å². The SMILES string of the molecule is CC(C)C[C@H](NC(=O)[C@@H](Cc1c[nH]c2ccccc12)NC(=O)[C@H](Cc1ccc(O)cc1)NC(=O)[C@H](Cc1ccc(O)cc1)NC(=O)[C@H](CO)NC(=O)[C@H](Cc1c[nH]c2ccccc12)NC(=O)[C@H](Cc1c[nH]cn1)NC(=O)[C@@H]1CCC(=O)N1)C(=O)N[C@@H](CCCNC(=N)N)C(=O)N1CCC[C@H]1C(=O)NCC(N)=O. The molecule has 2 aliphatic heterocycles. The van der Waals surface area contributed by atoms with E-state index < -0.39 is 139 Å². The van der Waals surface area contributed by atoms with Crippen LogP contribution < -0.4 is 70.0 Å². The van der Waals surface area contributed by atoms with Gasteiger partial charge < -0.3 is 105 Å². The molecule has 4 aromatic carbocycles. The summed E-state index contributed by atoms with van der Waals surface area (Å²) in [6.45, 7) is 2.28. The Bertz CT molecular complexity index is 4330. The summed E-state index contributed by atoms with van der Waals surface area (Å²) in [6, 6.07) is 11.3. The number of primary amides is 1. The number of benzene rings is 4. The monoisotopic (exact) mass is 1470 g/mol. The van der Waals surface area contributed by atoms with Gasteiger partial charge in [0.2, 0.25) is 70.9 Å². The Morgan fingerprint density at radius 2 is 1.05 bits per heavy atom. The van der Waals surface area contributed by atoms with Crippen molar-refractivity contribution in [1.82, 2.24) is 83.3 Å². The predicted octanol–water partition coefficient (Wildman–Crippen LogP) is -1.65. The zero-order valence-electron chi connectivity index (χ0n) is 59.0. The molecule has 34 nitrogen and oxygen atoms in total. The number of aliphatic hydroxyl groups is 1. The van der Waals surface area contributed by atoms with Gasteiger partial charge in [-0.1, -0.05) is 74.5 Å². The first-order chi connectivity index (χ1) is 51.3. The van der Waals surface area contributed by atoms with Gasteiger partial charge in [-0.2, -0.15) is 0 Å². The molecule has 2 saturated heterocycles. The number of carbonyl (C=O) groups excluding carboxylic acids is 12. The van der Waals surface area contributed by atoms with E-state index in [2.05, 4.69) is 78.4 Å². The summed E-state index contributed by atoms with van der Waals surface area (Å²) in [5, 5.41) is 70.0. The highest BCUT2D eigenvalue weighted by Crippen LogP contribution is 2.24. The quantitative estimate of drug-likeness (QED) is 0.0118. The molecule has 0 bridgehead atoms. The predicted molar refractivity (Wildman–Crippen MR) is 389 cm³/mol. The maximum absolute atomic E-state index is 15.4. The normalized spacial score (nSPS) is 16.3. The van der Waals surface area contributed by atoms with Gasteiger partial charge in [0.15, 0.2) is 5.96 Å². The fourth-order valence-electron chi connectivity index (χ4n) is 12.9. The molecule has 3 aromatic heterocycles. The van der Waals surface area contributed by atoms with E-state index in [0.717, 1.165) is 0 Å². The van der Waals surface area contributed by atoms with Crippen LogP contribution >= 0.6 is 0 Å². The Labute approximate surface area is 614 Å². The number of aromatic nitrogens is 4. The first-order valence-corrected chi connectivity index (χ1v) is 35.2. The number of aromatic amines is 3. The molecule has 34 heteroatoms. The van der Waals surface area contributed by atoms with Crippen LogP contribution in [0.5, 0.6) is 11.5 Å². The molecule has 0 unspecified atom stereocenters. The Hall–Kier alpha value is -12.4. The Morgan fingerprint density at radius 3 is 1.52 bits per heavy atom. The van der Waals surface area contributed by atoms with Gasteiger partial charge in [0.05, 0.1) is 25.2 Å². The zero-order chi connectivity index (χ0) is 76.8. The summed E-state index contributed by atoms with van der Waals surface area (Å²) in [6.07, 6.45) is 5.95. The number of hydrogen-bond donors (Lipinski definition) is 20. The van der Waals surface area contributed by atoms with Crippen molar-refractivity contribution in [2.45, 2.75) is 151 Å². The van der Waals surface area contributed by atoms with Crippen molar-refractivity contribution in [3.05, 3.63) is 150 Å². The van der Waals surface area contributed by atoms with Crippen molar-refractivity contribution in [2.75, 3.05) is 26.2 Å². The molecule has 0 spiro atoms. The standard InChI is InChI=1S/C73H91N19O15/c1-39(2)27-53(64(99)84-52(13-7-25-78-73(75)76)72(107)92-26-8-14-60(92)71(106)81-36-61(74)96)85-67(102)56(30-42-33-79-49-11-5-3-9-47(42)49)88-66(101)54(28-40-15-19-45(94)20-16-40)86-65(100)55(29-41-17-21-46(95)22-18-41)87-70(105)59(37-93)91-68(103)57(31-43-34-80-50-12-6-4-10-48(43)50)89-69(104)58(32-44-35-77-38-82-44)90-63(98)51-23-24-62(97)83-51/h3-6,9-12,15-22,33-35,38-39,51-60,79-80,93-95H,7-8,13-14,23-32,36-37H2,1-2H3,(H2,74,96)(H,77,82)(H,81,106)(H,83,97)(H,84,99)(H,85,102)(H,86,100)(H,87,105)(H,88,101)(H,89,104)(H,90,98)(H,91,103)(H4,75,76,78)/t51-,52-,53-,54-,55-,56+,57-,58-,59-,60-/m0/s1. The molecule has 7 aromatic rings. The van der Waals surface area contributed by atoms with Gasteiger partial charge in [-0.3, -0.25) is 62.9 Å². The smallest absolute Gasteiger partial charge is 0.245 e. The number of fused-ring (bicyclic) bond motifs is 2. The molecule has 0 aliphatic carbocycles. The van der Waals surface area contributed by atoms with Crippen LogP contribution in [0.3, 0.4) is 0 Å². The number of amides is 12. The highest BCUT2D eigenvalue weighted by atomic mass is 16.3. The average molecular weight is 1470 g/mol. The summed E-state index contributed by atoms with van der Waals surface area (Å²) in [5.41, 5.74) is 14.4. The van der Waals surface area contributed by atoms with Crippen LogP contribution in [0.15, 0.2) is 122 Å². The maximum Gasteiger partial charge on any atom is 0.245 e. The highest BCUT2D eigenvalue weighted by molar-refractivity contribution is 6.00. The number of hydrogen-bond acceptors (Lipinski definition) is 17. The van der Waals surface area contributed by atoms with Crippen LogP contribution in [-0.2, 0) is 89.6 Å². The number of nitrogens with one attached hydrogen (secondary N) is 15. The molecular weight excluding hydrogens is 1380 g/mol. The third-order valence-electron chi connectivity index (χ3n) is 18.4. The molecule has 568 valence electrons. The Morgan fingerprint density at radius 1 is 0.570 bits per heavy atom. The summed E-state index contributed by atoms with van der Waals surface area (Å²) >= 11 is 0. The lowest BCUT2D eigenvalue weighted by atomic mass is 9.99. The number of phenols is 2. The number of para-hydroxylation sites is 2. The van der Waals surface area contributed by atoms with Gasteiger partial charge in [0.25, 0.3) is 0 Å². The minimum atomic E-state index is -1.85. The van der Waals surface area contributed by atoms with Gasteiger partial charge in [-0.25, -0.2) is 4.98 Å². The van der Waals surface area contributed by atoms with E-state index in [-0.39, 0.29) is 113 Å². The second-order valence-electron chi connectivity index (χ2n) is 26.9. The second-order valence-corrected chi connectivity index (χ2v) is 26.9. The largest absolute Gasteiger partial charge is 0.508 e. The number of imidazole rings is 1. The van der Waals surface area contributed by atoms with E-state index in [1.54, 1.807) is 74.8 Å². The van der Waals surface area contributed by atoms with E-state index in [0.29, 0.717) is 56.2 Å².